The summed E-state index contributed by atoms with van der Waals surface area (Å²) in [5.74, 6) is -1.76. The first-order valence-electron chi connectivity index (χ1n) is 9.07. The van der Waals surface area contributed by atoms with E-state index in [-0.39, 0.29) is 17.1 Å². The maximum Gasteiger partial charge on any atom is 0.294 e. The third kappa shape index (κ3) is 4.16. The summed E-state index contributed by atoms with van der Waals surface area (Å²) in [6.45, 7) is 1.69. The average molecular weight is 482 g/mol. The van der Waals surface area contributed by atoms with Crippen molar-refractivity contribution in [1.82, 2.24) is 35.6 Å². The van der Waals surface area contributed by atoms with Gasteiger partial charge in [-0.1, -0.05) is 45.4 Å². The second kappa shape index (κ2) is 8.40. The molecule has 3 N–H and O–H groups in total. The van der Waals surface area contributed by atoms with Crippen LogP contribution in [0.5, 0.6) is 5.75 Å². The van der Waals surface area contributed by atoms with Crippen LogP contribution in [0, 0.1) is 6.92 Å². The van der Waals surface area contributed by atoms with Gasteiger partial charge in [0.2, 0.25) is 0 Å². The number of hydrogen-bond donors (Lipinski definition) is 3. The zero-order valence-corrected chi connectivity index (χ0v) is 17.7. The fourth-order valence-electron chi connectivity index (χ4n) is 2.86. The molecular formula is C20H16BrN7O3. The first kappa shape index (κ1) is 20.3. The Labute approximate surface area is 184 Å². The van der Waals surface area contributed by atoms with Crippen LogP contribution in [0.3, 0.4) is 0 Å². The Morgan fingerprint density at radius 1 is 0.968 bits per heavy atom. The van der Waals surface area contributed by atoms with Gasteiger partial charge in [-0.15, -0.1) is 5.10 Å². The lowest BCUT2D eigenvalue weighted by Gasteiger charge is -2.06. The van der Waals surface area contributed by atoms with Crippen molar-refractivity contribution in [2.24, 2.45) is 0 Å². The van der Waals surface area contributed by atoms with E-state index in [0.717, 1.165) is 10.2 Å². The first-order valence-corrected chi connectivity index (χ1v) is 9.86. The van der Waals surface area contributed by atoms with Gasteiger partial charge in [0.1, 0.15) is 0 Å². The zero-order valence-electron chi connectivity index (χ0n) is 16.2. The Morgan fingerprint density at radius 3 is 2.35 bits per heavy atom. The highest BCUT2D eigenvalue weighted by Crippen LogP contribution is 2.18. The maximum atomic E-state index is 12.5. The molecular weight excluding hydrogens is 466 g/mol. The van der Waals surface area contributed by atoms with Crippen molar-refractivity contribution in [2.75, 3.05) is 0 Å². The highest BCUT2D eigenvalue weighted by molar-refractivity contribution is 9.10. The SMILES string of the molecule is Cc1c(C(=O)NNC(=O)c2nn(-c3ccccc3)cc2O)nnn1-c1cccc(Br)c1. The molecule has 2 amide bonds. The summed E-state index contributed by atoms with van der Waals surface area (Å²) >= 11 is 3.39. The molecule has 0 fully saturated rings. The summed E-state index contributed by atoms with van der Waals surface area (Å²) in [5, 5.41) is 22.0. The minimum Gasteiger partial charge on any atom is -0.504 e. The van der Waals surface area contributed by atoms with Crippen LogP contribution in [-0.2, 0) is 0 Å². The molecule has 10 nitrogen and oxygen atoms in total. The zero-order chi connectivity index (χ0) is 22.0. The monoisotopic (exact) mass is 481 g/mol. The van der Waals surface area contributed by atoms with Gasteiger partial charge in [-0.05, 0) is 37.3 Å². The summed E-state index contributed by atoms with van der Waals surface area (Å²) in [7, 11) is 0. The van der Waals surface area contributed by atoms with Crippen molar-refractivity contribution in [3.8, 4) is 17.1 Å². The molecule has 0 saturated heterocycles. The number of nitrogens with zero attached hydrogens (tertiary/aromatic N) is 5. The largest absolute Gasteiger partial charge is 0.504 e. The number of hydrogen-bond acceptors (Lipinski definition) is 6. The van der Waals surface area contributed by atoms with Crippen LogP contribution in [0.25, 0.3) is 11.4 Å². The maximum absolute atomic E-state index is 12.5. The lowest BCUT2D eigenvalue weighted by Crippen LogP contribution is -2.42. The van der Waals surface area contributed by atoms with Crippen LogP contribution in [0.15, 0.2) is 65.3 Å². The Kier molecular flexibility index (Phi) is 5.50. The van der Waals surface area contributed by atoms with E-state index in [4.69, 9.17) is 0 Å². The second-order valence-electron chi connectivity index (χ2n) is 6.47. The van der Waals surface area contributed by atoms with Crippen molar-refractivity contribution >= 4 is 27.7 Å². The van der Waals surface area contributed by atoms with Crippen molar-refractivity contribution in [1.29, 1.82) is 0 Å². The van der Waals surface area contributed by atoms with Gasteiger partial charge in [-0.25, -0.2) is 9.36 Å². The molecule has 0 atom stereocenters. The van der Waals surface area contributed by atoms with Crippen LogP contribution >= 0.6 is 15.9 Å². The first-order chi connectivity index (χ1) is 14.9. The summed E-state index contributed by atoms with van der Waals surface area (Å²) in [5.41, 5.74) is 6.18. The van der Waals surface area contributed by atoms with Crippen molar-refractivity contribution in [2.45, 2.75) is 6.92 Å². The molecule has 156 valence electrons. The van der Waals surface area contributed by atoms with Crippen LogP contribution in [0.4, 0.5) is 0 Å². The summed E-state index contributed by atoms with van der Waals surface area (Å²) in [6, 6.07) is 16.3. The molecule has 2 aromatic heterocycles. The molecule has 2 heterocycles. The molecule has 0 aliphatic heterocycles. The molecule has 0 unspecified atom stereocenters. The second-order valence-corrected chi connectivity index (χ2v) is 7.38. The van der Waals surface area contributed by atoms with E-state index in [0.29, 0.717) is 11.4 Å². The number of aromatic hydroxyl groups is 1. The summed E-state index contributed by atoms with van der Waals surface area (Å²) < 4.78 is 3.72. The third-order valence-corrected chi connectivity index (χ3v) is 4.88. The molecule has 2 aromatic carbocycles. The van der Waals surface area contributed by atoms with Gasteiger partial charge in [-0.3, -0.25) is 20.4 Å². The number of hydrazine groups is 1. The highest BCUT2D eigenvalue weighted by Gasteiger charge is 2.21. The standard InChI is InChI=1S/C20H16BrN7O3/c1-12-17(22-26-28(12)15-9-5-6-13(21)10-15)19(30)23-24-20(31)18-16(29)11-27(25-18)14-7-3-2-4-8-14/h2-11,29H,1H3,(H,23,30)(H,24,31). The fraction of sp³-hybridized carbons (Fsp3) is 0.0500. The van der Waals surface area contributed by atoms with Gasteiger partial charge in [-0.2, -0.15) is 5.10 Å². The van der Waals surface area contributed by atoms with E-state index in [9.17, 15) is 14.7 Å². The van der Waals surface area contributed by atoms with Crippen molar-refractivity contribution in [3.05, 3.63) is 82.3 Å². The minimum atomic E-state index is -0.780. The van der Waals surface area contributed by atoms with Gasteiger partial charge in [0.05, 0.1) is 23.3 Å². The number of nitrogens with one attached hydrogen (secondary N) is 2. The molecule has 31 heavy (non-hydrogen) atoms. The number of aromatic nitrogens is 5. The molecule has 0 spiro atoms. The Morgan fingerprint density at radius 2 is 1.65 bits per heavy atom. The fourth-order valence-corrected chi connectivity index (χ4v) is 3.25. The molecule has 0 saturated carbocycles. The van der Waals surface area contributed by atoms with E-state index >= 15 is 0 Å². The van der Waals surface area contributed by atoms with Gasteiger partial charge >= 0.3 is 0 Å². The Hall–Kier alpha value is -3.99. The topological polar surface area (TPSA) is 127 Å². The van der Waals surface area contributed by atoms with Crippen molar-refractivity contribution < 1.29 is 14.7 Å². The quantitative estimate of drug-likeness (QED) is 0.383. The van der Waals surface area contributed by atoms with Gasteiger partial charge in [0, 0.05) is 4.47 Å². The van der Waals surface area contributed by atoms with Crippen LogP contribution in [0.2, 0.25) is 0 Å². The number of carbonyl (C=O) groups excluding carboxylic acids is 2. The number of halogens is 1. The molecule has 4 rings (SSSR count). The molecule has 0 aliphatic carbocycles. The highest BCUT2D eigenvalue weighted by atomic mass is 79.9. The van der Waals surface area contributed by atoms with E-state index in [1.807, 2.05) is 30.3 Å². The van der Waals surface area contributed by atoms with E-state index in [1.54, 1.807) is 31.2 Å². The Bertz CT molecular complexity index is 1270. The molecule has 0 aliphatic rings. The number of benzene rings is 2. The minimum absolute atomic E-state index is 0.0410. The van der Waals surface area contributed by atoms with E-state index in [1.165, 1.54) is 15.6 Å². The lowest BCUT2D eigenvalue weighted by molar-refractivity contribution is 0.0839. The van der Waals surface area contributed by atoms with Gasteiger partial charge in [0.25, 0.3) is 11.8 Å². The van der Waals surface area contributed by atoms with E-state index < -0.39 is 11.8 Å². The number of rotatable bonds is 4. The summed E-state index contributed by atoms with van der Waals surface area (Å²) in [6.07, 6.45) is 1.31. The molecule has 4 aromatic rings. The average Bonchev–Trinajstić information content (AvgIpc) is 3.35. The molecule has 11 heteroatoms. The number of carbonyl (C=O) groups is 2. The molecule has 0 radical (unpaired) electrons. The normalized spacial score (nSPS) is 10.6. The predicted octanol–water partition coefficient (Wildman–Crippen LogP) is 2.30. The van der Waals surface area contributed by atoms with E-state index in [2.05, 4.69) is 42.2 Å². The third-order valence-electron chi connectivity index (χ3n) is 4.38. The Balaban J connectivity index is 1.46. The number of para-hydroxylation sites is 1. The van der Waals surface area contributed by atoms with Crippen LogP contribution in [-0.4, -0.2) is 41.7 Å². The van der Waals surface area contributed by atoms with Gasteiger partial charge in [0.15, 0.2) is 17.1 Å². The van der Waals surface area contributed by atoms with Crippen LogP contribution in [0.1, 0.15) is 26.7 Å². The number of amides is 2. The summed E-state index contributed by atoms with van der Waals surface area (Å²) in [4.78, 5) is 24.9. The molecule has 0 bridgehead atoms. The van der Waals surface area contributed by atoms with Crippen LogP contribution < -0.4 is 10.9 Å². The smallest absolute Gasteiger partial charge is 0.294 e. The lowest BCUT2D eigenvalue weighted by atomic mass is 10.3. The predicted molar refractivity (Wildman–Crippen MR) is 114 cm³/mol. The van der Waals surface area contributed by atoms with Gasteiger partial charge < -0.3 is 5.11 Å². The van der Waals surface area contributed by atoms with Crippen molar-refractivity contribution in [3.63, 3.8) is 0 Å².